The summed E-state index contributed by atoms with van der Waals surface area (Å²) in [7, 11) is 0. The van der Waals surface area contributed by atoms with E-state index in [9.17, 15) is 9.59 Å². The number of amides is 1. The molecule has 1 aliphatic rings. The summed E-state index contributed by atoms with van der Waals surface area (Å²) in [5, 5.41) is 0. The van der Waals surface area contributed by atoms with Crippen LogP contribution in [0.5, 0.6) is 0 Å². The van der Waals surface area contributed by atoms with Gasteiger partial charge >= 0.3 is 0 Å². The van der Waals surface area contributed by atoms with Crippen molar-refractivity contribution in [2.24, 2.45) is 5.73 Å². The number of primary amides is 1. The van der Waals surface area contributed by atoms with Crippen LogP contribution in [-0.2, 0) is 9.59 Å². The van der Waals surface area contributed by atoms with Crippen molar-refractivity contribution < 1.29 is 9.59 Å². The van der Waals surface area contributed by atoms with Crippen molar-refractivity contribution in [1.82, 2.24) is 4.90 Å². The molecular weight excluding hydrogens is 180 g/mol. The third-order valence-corrected chi connectivity index (χ3v) is 2.73. The van der Waals surface area contributed by atoms with Gasteiger partial charge < -0.3 is 5.73 Å². The minimum absolute atomic E-state index is 0.0168. The molecule has 0 aromatic rings. The smallest absolute Gasteiger partial charge is 0.218 e. The van der Waals surface area contributed by atoms with Gasteiger partial charge in [0.05, 0.1) is 6.04 Å². The second-order valence-corrected chi connectivity index (χ2v) is 3.87. The molecule has 4 nitrogen and oxygen atoms in total. The fourth-order valence-electron chi connectivity index (χ4n) is 1.97. The normalized spacial score (nSPS) is 23.4. The van der Waals surface area contributed by atoms with Gasteiger partial charge in [0.25, 0.3) is 0 Å². The summed E-state index contributed by atoms with van der Waals surface area (Å²) in [5.41, 5.74) is 5.08. The zero-order chi connectivity index (χ0) is 10.6. The van der Waals surface area contributed by atoms with Crippen LogP contribution in [-0.4, -0.2) is 35.7 Å². The molecule has 2 N–H and O–H groups in total. The third-order valence-electron chi connectivity index (χ3n) is 2.73. The Balaban J connectivity index is 2.45. The van der Waals surface area contributed by atoms with Crippen LogP contribution in [0.4, 0.5) is 0 Å². The maximum absolute atomic E-state index is 11.3. The second-order valence-electron chi connectivity index (χ2n) is 3.87. The Hall–Kier alpha value is -0.900. The molecule has 0 radical (unpaired) electrons. The summed E-state index contributed by atoms with van der Waals surface area (Å²) in [6.45, 7) is 3.16. The quantitative estimate of drug-likeness (QED) is 0.707. The summed E-state index contributed by atoms with van der Waals surface area (Å²) in [5.74, 6) is -0.0907. The Morgan fingerprint density at radius 1 is 1.43 bits per heavy atom. The van der Waals surface area contributed by atoms with Gasteiger partial charge in [-0.2, -0.15) is 0 Å². The Bertz CT molecular complexity index is 228. The van der Waals surface area contributed by atoms with E-state index in [0.717, 1.165) is 25.8 Å². The number of ketones is 1. The van der Waals surface area contributed by atoms with Gasteiger partial charge in [0, 0.05) is 13.0 Å². The topological polar surface area (TPSA) is 63.4 Å². The molecule has 0 aromatic heterocycles. The Kier molecular flexibility index (Phi) is 4.07. The predicted molar refractivity (Wildman–Crippen MR) is 53.7 cm³/mol. The zero-order valence-electron chi connectivity index (χ0n) is 8.66. The van der Waals surface area contributed by atoms with Gasteiger partial charge in [-0.05, 0) is 26.3 Å². The van der Waals surface area contributed by atoms with Crippen molar-refractivity contribution >= 4 is 11.7 Å². The molecule has 1 saturated heterocycles. The Labute approximate surface area is 84.4 Å². The average Bonchev–Trinajstić information content (AvgIpc) is 2.15. The largest absolute Gasteiger partial charge is 0.370 e. The maximum Gasteiger partial charge on any atom is 0.218 e. The predicted octanol–water partition coefficient (Wildman–Crippen LogP) is 0.305. The van der Waals surface area contributed by atoms with E-state index in [1.807, 2.05) is 0 Å². The monoisotopic (exact) mass is 198 g/mol. The van der Waals surface area contributed by atoms with E-state index >= 15 is 0 Å². The van der Waals surface area contributed by atoms with Crippen molar-refractivity contribution in [3.63, 3.8) is 0 Å². The van der Waals surface area contributed by atoms with E-state index in [1.54, 1.807) is 6.92 Å². The molecular formula is C10H18N2O2. The minimum Gasteiger partial charge on any atom is -0.370 e. The highest BCUT2D eigenvalue weighted by atomic mass is 16.1. The van der Waals surface area contributed by atoms with Crippen LogP contribution in [0.2, 0.25) is 0 Å². The first kappa shape index (κ1) is 11.2. The van der Waals surface area contributed by atoms with Crippen molar-refractivity contribution in [3.05, 3.63) is 0 Å². The van der Waals surface area contributed by atoms with E-state index in [0.29, 0.717) is 13.0 Å². The lowest BCUT2D eigenvalue weighted by atomic mass is 9.99. The van der Waals surface area contributed by atoms with Crippen molar-refractivity contribution in [1.29, 1.82) is 0 Å². The van der Waals surface area contributed by atoms with E-state index in [2.05, 4.69) is 4.90 Å². The SMILES string of the molecule is CC(=O)C1CCCCN1CCC(N)=O. The number of carbonyl (C=O) groups is 2. The summed E-state index contributed by atoms with van der Waals surface area (Å²) in [6, 6.07) is 0.0168. The molecule has 0 aromatic carbocycles. The molecule has 0 saturated carbocycles. The molecule has 1 heterocycles. The summed E-state index contributed by atoms with van der Waals surface area (Å²) in [4.78, 5) is 24.0. The number of carbonyl (C=O) groups excluding carboxylic acids is 2. The van der Waals surface area contributed by atoms with Crippen LogP contribution in [0.25, 0.3) is 0 Å². The van der Waals surface area contributed by atoms with Crippen LogP contribution in [0.1, 0.15) is 32.6 Å². The molecule has 1 atom stereocenters. The van der Waals surface area contributed by atoms with Crippen LogP contribution < -0.4 is 5.73 Å². The maximum atomic E-state index is 11.3. The number of Topliss-reactive ketones (excluding diaryl/α,β-unsaturated/α-hetero) is 1. The first-order valence-electron chi connectivity index (χ1n) is 5.14. The van der Waals surface area contributed by atoms with Crippen molar-refractivity contribution in [3.8, 4) is 0 Å². The van der Waals surface area contributed by atoms with E-state index in [1.165, 1.54) is 0 Å². The van der Waals surface area contributed by atoms with Crippen molar-refractivity contribution in [2.45, 2.75) is 38.6 Å². The van der Waals surface area contributed by atoms with E-state index in [-0.39, 0.29) is 17.7 Å². The molecule has 1 unspecified atom stereocenters. The highest BCUT2D eigenvalue weighted by Crippen LogP contribution is 2.17. The highest BCUT2D eigenvalue weighted by molar-refractivity contribution is 5.81. The number of rotatable bonds is 4. The number of nitrogens with zero attached hydrogens (tertiary/aromatic N) is 1. The van der Waals surface area contributed by atoms with Crippen LogP contribution in [0, 0.1) is 0 Å². The number of hydrogen-bond acceptors (Lipinski definition) is 3. The minimum atomic E-state index is -0.294. The number of nitrogens with two attached hydrogens (primary N) is 1. The van der Waals surface area contributed by atoms with Gasteiger partial charge in [-0.25, -0.2) is 0 Å². The molecule has 1 aliphatic heterocycles. The Morgan fingerprint density at radius 2 is 2.14 bits per heavy atom. The molecule has 0 bridgehead atoms. The molecule has 4 heteroatoms. The molecule has 1 rings (SSSR count). The molecule has 80 valence electrons. The molecule has 14 heavy (non-hydrogen) atoms. The van der Waals surface area contributed by atoms with Gasteiger partial charge in [-0.15, -0.1) is 0 Å². The number of piperidine rings is 1. The fraction of sp³-hybridized carbons (Fsp3) is 0.800. The first-order chi connectivity index (χ1) is 6.61. The van der Waals surface area contributed by atoms with Gasteiger partial charge in [0.15, 0.2) is 0 Å². The Morgan fingerprint density at radius 3 is 2.71 bits per heavy atom. The van der Waals surface area contributed by atoms with E-state index in [4.69, 9.17) is 5.73 Å². The van der Waals surface area contributed by atoms with Gasteiger partial charge in [0.2, 0.25) is 5.91 Å². The van der Waals surface area contributed by atoms with Gasteiger partial charge in [0.1, 0.15) is 5.78 Å². The lowest BCUT2D eigenvalue weighted by Crippen LogP contribution is -2.44. The van der Waals surface area contributed by atoms with Crippen LogP contribution >= 0.6 is 0 Å². The molecule has 1 amide bonds. The van der Waals surface area contributed by atoms with Crippen LogP contribution in [0.15, 0.2) is 0 Å². The molecule has 1 fully saturated rings. The summed E-state index contributed by atoms with van der Waals surface area (Å²) < 4.78 is 0. The van der Waals surface area contributed by atoms with Gasteiger partial charge in [-0.3, -0.25) is 14.5 Å². The van der Waals surface area contributed by atoms with Crippen molar-refractivity contribution in [2.75, 3.05) is 13.1 Å². The highest BCUT2D eigenvalue weighted by Gasteiger charge is 2.25. The summed E-state index contributed by atoms with van der Waals surface area (Å²) in [6.07, 6.45) is 3.50. The fourth-order valence-corrected chi connectivity index (χ4v) is 1.97. The third kappa shape index (κ3) is 3.10. The van der Waals surface area contributed by atoms with Gasteiger partial charge in [-0.1, -0.05) is 6.42 Å². The second kappa shape index (κ2) is 5.10. The zero-order valence-corrected chi connectivity index (χ0v) is 8.66. The number of hydrogen-bond donors (Lipinski definition) is 1. The van der Waals surface area contributed by atoms with Crippen LogP contribution in [0.3, 0.4) is 0 Å². The molecule has 0 aliphatic carbocycles. The lowest BCUT2D eigenvalue weighted by molar-refractivity contribution is -0.125. The molecule has 0 spiro atoms. The summed E-state index contributed by atoms with van der Waals surface area (Å²) >= 11 is 0. The standard InChI is InChI=1S/C10H18N2O2/c1-8(13)9-4-2-3-6-12(9)7-5-10(11)14/h9H,2-7H2,1H3,(H2,11,14). The lowest BCUT2D eigenvalue weighted by Gasteiger charge is -2.33. The van der Waals surface area contributed by atoms with E-state index < -0.39 is 0 Å². The number of likely N-dealkylation sites (tertiary alicyclic amines) is 1. The average molecular weight is 198 g/mol. The first-order valence-corrected chi connectivity index (χ1v) is 5.14.